The number of halogens is 2. The molecule has 0 bridgehead atoms. The number of hydrogen-bond donors (Lipinski definition) is 3. The number of imidazole rings is 1. The number of aliphatic hydroxyl groups is 1. The number of β-amino-alcohol motifs (C(OH)–C–C–N with tert-alkyl or cyclic N) is 1. The van der Waals surface area contributed by atoms with Gasteiger partial charge in [-0.25, -0.2) is 4.98 Å². The van der Waals surface area contributed by atoms with Gasteiger partial charge in [-0.15, -0.1) is 0 Å². The molecule has 1 aliphatic rings. The third kappa shape index (κ3) is 4.32. The van der Waals surface area contributed by atoms with Gasteiger partial charge in [0.25, 0.3) is 0 Å². The predicted molar refractivity (Wildman–Crippen MR) is 119 cm³/mol. The molecule has 1 amide bonds. The number of hydrogen-bond acceptors (Lipinski definition) is 4. The van der Waals surface area contributed by atoms with Gasteiger partial charge in [-0.05, 0) is 55.2 Å². The monoisotopic (exact) mass is 446 g/mol. The van der Waals surface area contributed by atoms with E-state index in [0.29, 0.717) is 41.9 Å². The standard InChI is InChI=1S/C22H24Cl2N4O2/c1-12-3-6-18-21(13(12)2)27-20(26-18)9-25-22(30)19-8-16(29)11-28(19)10-14-4-5-15(23)7-17(14)24/h3-7,16,19,29H,8-11H2,1-2H3,(H,25,30)(H,26,27)/t16-,19+/m1/s1. The Balaban J connectivity index is 1.44. The topological polar surface area (TPSA) is 81.2 Å². The summed E-state index contributed by atoms with van der Waals surface area (Å²) in [5.74, 6) is 0.572. The number of aryl methyl sites for hydroxylation is 2. The van der Waals surface area contributed by atoms with Crippen LogP contribution in [0.2, 0.25) is 10.0 Å². The minimum atomic E-state index is -0.552. The van der Waals surface area contributed by atoms with Crippen molar-refractivity contribution in [1.82, 2.24) is 20.2 Å². The van der Waals surface area contributed by atoms with E-state index in [1.807, 2.05) is 24.0 Å². The van der Waals surface area contributed by atoms with E-state index in [-0.39, 0.29) is 5.91 Å². The Morgan fingerprint density at radius 1 is 1.30 bits per heavy atom. The second-order valence-corrected chi connectivity index (χ2v) is 8.72. The van der Waals surface area contributed by atoms with Crippen molar-refractivity contribution in [2.75, 3.05) is 6.54 Å². The number of H-pyrrole nitrogens is 1. The summed E-state index contributed by atoms with van der Waals surface area (Å²) in [6, 6.07) is 8.93. The highest BCUT2D eigenvalue weighted by Gasteiger charge is 2.36. The molecule has 1 aliphatic heterocycles. The molecular weight excluding hydrogens is 423 g/mol. The molecule has 4 rings (SSSR count). The number of carbonyl (C=O) groups is 1. The average Bonchev–Trinajstić information content (AvgIpc) is 3.28. The Hall–Kier alpha value is -2.12. The number of amides is 1. The lowest BCUT2D eigenvalue weighted by molar-refractivity contribution is -0.125. The van der Waals surface area contributed by atoms with Gasteiger partial charge in [0.05, 0.1) is 29.7 Å². The highest BCUT2D eigenvalue weighted by atomic mass is 35.5. The average molecular weight is 447 g/mol. The van der Waals surface area contributed by atoms with Crippen LogP contribution < -0.4 is 5.32 Å². The Bertz CT molecular complexity index is 1100. The van der Waals surface area contributed by atoms with Gasteiger partial charge in [0, 0.05) is 23.1 Å². The van der Waals surface area contributed by atoms with Crippen LogP contribution in [0, 0.1) is 13.8 Å². The predicted octanol–water partition coefficient (Wildman–Crippen LogP) is 3.74. The zero-order valence-electron chi connectivity index (χ0n) is 16.9. The lowest BCUT2D eigenvalue weighted by atomic mass is 10.1. The van der Waals surface area contributed by atoms with Crippen molar-refractivity contribution >= 4 is 40.1 Å². The van der Waals surface area contributed by atoms with Gasteiger partial charge in [-0.2, -0.15) is 0 Å². The van der Waals surface area contributed by atoms with Crippen molar-refractivity contribution in [3.63, 3.8) is 0 Å². The second-order valence-electron chi connectivity index (χ2n) is 7.88. The molecule has 6 nitrogen and oxygen atoms in total. The highest BCUT2D eigenvalue weighted by Crippen LogP contribution is 2.26. The molecule has 0 radical (unpaired) electrons. The molecule has 1 aromatic heterocycles. The van der Waals surface area contributed by atoms with E-state index in [4.69, 9.17) is 23.2 Å². The number of aromatic amines is 1. The van der Waals surface area contributed by atoms with E-state index in [9.17, 15) is 9.90 Å². The van der Waals surface area contributed by atoms with Crippen LogP contribution in [0.3, 0.4) is 0 Å². The molecule has 3 N–H and O–H groups in total. The van der Waals surface area contributed by atoms with Crippen LogP contribution in [-0.4, -0.2) is 44.6 Å². The summed E-state index contributed by atoms with van der Waals surface area (Å²) in [7, 11) is 0. The minimum absolute atomic E-state index is 0.134. The summed E-state index contributed by atoms with van der Waals surface area (Å²) in [6.07, 6.45) is -0.168. The molecule has 2 atom stereocenters. The zero-order chi connectivity index (χ0) is 21.4. The van der Waals surface area contributed by atoms with E-state index in [0.717, 1.165) is 22.2 Å². The van der Waals surface area contributed by atoms with Crippen molar-refractivity contribution in [2.45, 2.75) is 45.5 Å². The summed E-state index contributed by atoms with van der Waals surface area (Å²) in [6.45, 7) is 5.28. The third-order valence-corrected chi connectivity index (χ3v) is 6.32. The summed E-state index contributed by atoms with van der Waals surface area (Å²) in [5, 5.41) is 14.2. The number of nitrogens with one attached hydrogen (secondary N) is 2. The van der Waals surface area contributed by atoms with E-state index in [1.54, 1.807) is 12.1 Å². The van der Waals surface area contributed by atoms with Crippen LogP contribution in [0.4, 0.5) is 0 Å². The largest absolute Gasteiger partial charge is 0.392 e. The van der Waals surface area contributed by atoms with Crippen LogP contribution in [0.1, 0.15) is 28.9 Å². The molecule has 158 valence electrons. The van der Waals surface area contributed by atoms with Crippen molar-refractivity contribution in [3.8, 4) is 0 Å². The molecule has 1 saturated heterocycles. The molecule has 0 saturated carbocycles. The molecule has 3 aromatic rings. The fourth-order valence-corrected chi connectivity index (χ4v) is 4.40. The first-order valence-electron chi connectivity index (χ1n) is 9.90. The first-order valence-corrected chi connectivity index (χ1v) is 10.7. The molecule has 2 aromatic carbocycles. The summed E-state index contributed by atoms with van der Waals surface area (Å²) < 4.78 is 0. The molecule has 30 heavy (non-hydrogen) atoms. The number of benzene rings is 2. The maximum absolute atomic E-state index is 12.9. The quantitative estimate of drug-likeness (QED) is 0.557. The summed E-state index contributed by atoms with van der Waals surface area (Å²) >= 11 is 12.3. The van der Waals surface area contributed by atoms with Gasteiger partial charge in [0.15, 0.2) is 0 Å². The molecule has 8 heteroatoms. The lowest BCUT2D eigenvalue weighted by Gasteiger charge is -2.23. The van der Waals surface area contributed by atoms with E-state index in [2.05, 4.69) is 28.3 Å². The summed E-state index contributed by atoms with van der Waals surface area (Å²) in [5.41, 5.74) is 5.07. The van der Waals surface area contributed by atoms with Crippen LogP contribution in [0.15, 0.2) is 30.3 Å². The van der Waals surface area contributed by atoms with Crippen LogP contribution in [0.5, 0.6) is 0 Å². The van der Waals surface area contributed by atoms with Crippen LogP contribution in [0.25, 0.3) is 11.0 Å². The maximum Gasteiger partial charge on any atom is 0.237 e. The van der Waals surface area contributed by atoms with E-state index >= 15 is 0 Å². The maximum atomic E-state index is 12.9. The lowest BCUT2D eigenvalue weighted by Crippen LogP contribution is -2.42. The highest BCUT2D eigenvalue weighted by molar-refractivity contribution is 6.35. The van der Waals surface area contributed by atoms with Crippen molar-refractivity contribution < 1.29 is 9.90 Å². The third-order valence-electron chi connectivity index (χ3n) is 5.73. The van der Waals surface area contributed by atoms with Gasteiger partial charge in [0.2, 0.25) is 5.91 Å². The Labute approximate surface area is 185 Å². The number of nitrogens with zero attached hydrogens (tertiary/aromatic N) is 2. The molecule has 0 aliphatic carbocycles. The number of aliphatic hydroxyl groups excluding tert-OH is 1. The van der Waals surface area contributed by atoms with Crippen molar-refractivity contribution in [2.24, 2.45) is 0 Å². The fraction of sp³-hybridized carbons (Fsp3) is 0.364. The molecule has 0 spiro atoms. The Kier molecular flexibility index (Phi) is 6.02. The normalized spacial score (nSPS) is 19.5. The van der Waals surface area contributed by atoms with Gasteiger partial charge in [-0.1, -0.05) is 35.3 Å². The molecule has 1 fully saturated rings. The first-order chi connectivity index (χ1) is 14.3. The Morgan fingerprint density at radius 3 is 2.87 bits per heavy atom. The smallest absolute Gasteiger partial charge is 0.237 e. The summed E-state index contributed by atoms with van der Waals surface area (Å²) in [4.78, 5) is 22.7. The number of likely N-dealkylation sites (tertiary alicyclic amines) is 1. The fourth-order valence-electron chi connectivity index (χ4n) is 3.93. The number of rotatable bonds is 5. The number of carbonyl (C=O) groups excluding carboxylic acids is 1. The molecule has 2 heterocycles. The van der Waals surface area contributed by atoms with Crippen molar-refractivity contribution in [1.29, 1.82) is 0 Å². The van der Waals surface area contributed by atoms with Gasteiger partial charge >= 0.3 is 0 Å². The van der Waals surface area contributed by atoms with Gasteiger partial charge < -0.3 is 15.4 Å². The van der Waals surface area contributed by atoms with Crippen molar-refractivity contribution in [3.05, 3.63) is 62.9 Å². The van der Waals surface area contributed by atoms with Gasteiger partial charge in [0.1, 0.15) is 5.82 Å². The Morgan fingerprint density at radius 2 is 2.10 bits per heavy atom. The zero-order valence-corrected chi connectivity index (χ0v) is 18.4. The van der Waals surface area contributed by atoms with E-state index < -0.39 is 12.1 Å². The van der Waals surface area contributed by atoms with Gasteiger partial charge in [-0.3, -0.25) is 9.69 Å². The molecular formula is C22H24Cl2N4O2. The first kappa shape index (κ1) is 21.1. The molecule has 0 unspecified atom stereocenters. The van der Waals surface area contributed by atoms with Crippen LogP contribution >= 0.6 is 23.2 Å². The number of fused-ring (bicyclic) bond motifs is 1. The SMILES string of the molecule is Cc1ccc2[nH]c(CNC(=O)[C@@H]3C[C@@H](O)CN3Cc3ccc(Cl)cc3Cl)nc2c1C. The van der Waals surface area contributed by atoms with Crippen LogP contribution in [-0.2, 0) is 17.9 Å². The minimum Gasteiger partial charge on any atom is -0.392 e. The number of aromatic nitrogens is 2. The second kappa shape index (κ2) is 8.55. The van der Waals surface area contributed by atoms with E-state index in [1.165, 1.54) is 5.56 Å².